The maximum atomic E-state index is 5.50. The molecular formula is C23H31N3S. The van der Waals surface area contributed by atoms with Gasteiger partial charge >= 0.3 is 0 Å². The van der Waals surface area contributed by atoms with Crippen LogP contribution in [0.25, 0.3) is 10.2 Å². The molecule has 3 nitrogen and oxygen atoms in total. The maximum Gasteiger partial charge on any atom is 0.181 e. The molecule has 3 aliphatic heterocycles. The van der Waals surface area contributed by atoms with Gasteiger partial charge in [0.2, 0.25) is 0 Å². The first kappa shape index (κ1) is 19.8. The molecule has 4 heterocycles. The van der Waals surface area contributed by atoms with Crippen LogP contribution in [0.4, 0.5) is 5.13 Å². The Balaban J connectivity index is 0.000000153. The van der Waals surface area contributed by atoms with Crippen molar-refractivity contribution in [2.24, 2.45) is 11.8 Å². The molecule has 6 rings (SSSR count). The van der Waals surface area contributed by atoms with Crippen molar-refractivity contribution in [1.82, 2.24) is 9.88 Å². The van der Waals surface area contributed by atoms with Crippen molar-refractivity contribution >= 4 is 26.7 Å². The summed E-state index contributed by atoms with van der Waals surface area (Å²) in [6, 6.07) is 18.9. The van der Waals surface area contributed by atoms with Gasteiger partial charge in [-0.05, 0) is 61.9 Å². The molecule has 3 fully saturated rings. The number of nitrogens with two attached hydrogens (primary N) is 1. The first-order chi connectivity index (χ1) is 13.3. The Hall–Kier alpha value is -1.91. The molecule has 1 aromatic heterocycles. The van der Waals surface area contributed by atoms with E-state index in [4.69, 9.17) is 5.73 Å². The van der Waals surface area contributed by atoms with Crippen molar-refractivity contribution in [2.45, 2.75) is 33.1 Å². The first-order valence-electron chi connectivity index (χ1n) is 10.2. The molecule has 1 atom stereocenters. The van der Waals surface area contributed by atoms with Crippen LogP contribution in [0.5, 0.6) is 0 Å². The number of thiazole rings is 1. The molecule has 0 saturated carbocycles. The van der Waals surface area contributed by atoms with E-state index in [-0.39, 0.29) is 0 Å². The first-order valence-corrected chi connectivity index (χ1v) is 11.0. The maximum absolute atomic E-state index is 5.50. The Morgan fingerprint density at radius 2 is 1.67 bits per heavy atom. The number of aromatic nitrogens is 1. The number of para-hydroxylation sites is 1. The fraction of sp³-hybridized carbons (Fsp3) is 0.435. The summed E-state index contributed by atoms with van der Waals surface area (Å²) in [5, 5.41) is 0.640. The van der Waals surface area contributed by atoms with Crippen molar-refractivity contribution in [3.63, 3.8) is 0 Å². The largest absolute Gasteiger partial charge is 0.375 e. The fourth-order valence-electron chi connectivity index (χ4n) is 4.13. The fourth-order valence-corrected chi connectivity index (χ4v) is 4.86. The van der Waals surface area contributed by atoms with Crippen LogP contribution in [0.1, 0.15) is 32.3 Å². The van der Waals surface area contributed by atoms with E-state index in [1.165, 1.54) is 55.8 Å². The lowest BCUT2D eigenvalue weighted by Crippen LogP contribution is -2.48. The normalized spacial score (nSPS) is 23.1. The summed E-state index contributed by atoms with van der Waals surface area (Å²) in [4.78, 5) is 6.76. The predicted molar refractivity (Wildman–Crippen MR) is 118 cm³/mol. The van der Waals surface area contributed by atoms with Crippen LogP contribution in [0, 0.1) is 11.8 Å². The van der Waals surface area contributed by atoms with Crippen LogP contribution < -0.4 is 5.73 Å². The van der Waals surface area contributed by atoms with Crippen molar-refractivity contribution in [3.05, 3.63) is 60.2 Å². The van der Waals surface area contributed by atoms with E-state index < -0.39 is 0 Å². The number of hydrogen-bond donors (Lipinski definition) is 1. The quantitative estimate of drug-likeness (QED) is 0.639. The van der Waals surface area contributed by atoms with Gasteiger partial charge in [0.1, 0.15) is 0 Å². The number of nitrogen functional groups attached to an aromatic ring is 1. The van der Waals surface area contributed by atoms with Crippen molar-refractivity contribution in [2.75, 3.05) is 25.4 Å². The van der Waals surface area contributed by atoms with Crippen LogP contribution in [0.3, 0.4) is 0 Å². The average Bonchev–Trinajstić information content (AvgIpc) is 3.12. The number of benzene rings is 2. The van der Waals surface area contributed by atoms with Crippen LogP contribution in [-0.2, 0) is 6.42 Å². The number of hydrogen-bond acceptors (Lipinski definition) is 4. The highest BCUT2D eigenvalue weighted by atomic mass is 32.1. The number of nitrogens with zero attached hydrogens (tertiary/aromatic N) is 2. The van der Waals surface area contributed by atoms with Crippen molar-refractivity contribution in [3.8, 4) is 0 Å². The highest BCUT2D eigenvalue weighted by Crippen LogP contribution is 2.34. The summed E-state index contributed by atoms with van der Waals surface area (Å²) in [5.41, 5.74) is 8.01. The molecule has 0 aliphatic carbocycles. The zero-order chi connectivity index (χ0) is 19.1. The van der Waals surface area contributed by atoms with Gasteiger partial charge in [-0.3, -0.25) is 0 Å². The monoisotopic (exact) mass is 381 g/mol. The Bertz CT molecular complexity index is 774. The molecular weight excluding hydrogens is 350 g/mol. The SMILES string of the molecule is CC.Nc1nc2ccccc2s1.c1ccc(C[C@H]2CN3CCC2CC3)cc1. The van der Waals surface area contributed by atoms with Crippen LogP contribution in [0.15, 0.2) is 54.6 Å². The van der Waals surface area contributed by atoms with E-state index in [1.54, 1.807) is 0 Å². The Morgan fingerprint density at radius 3 is 2.30 bits per heavy atom. The zero-order valence-electron chi connectivity index (χ0n) is 16.5. The molecule has 0 unspecified atom stereocenters. The molecule has 3 aromatic rings. The topological polar surface area (TPSA) is 42.1 Å². The lowest BCUT2D eigenvalue weighted by molar-refractivity contribution is 0.0512. The molecule has 2 N–H and O–H groups in total. The van der Waals surface area contributed by atoms with E-state index in [2.05, 4.69) is 40.2 Å². The number of anilines is 1. The average molecular weight is 382 g/mol. The Kier molecular flexibility index (Phi) is 7.25. The van der Waals surface area contributed by atoms with Gasteiger partial charge in [0.05, 0.1) is 10.2 Å². The smallest absolute Gasteiger partial charge is 0.181 e. The minimum Gasteiger partial charge on any atom is -0.375 e. The number of piperidine rings is 3. The summed E-state index contributed by atoms with van der Waals surface area (Å²) < 4.78 is 1.15. The summed E-state index contributed by atoms with van der Waals surface area (Å²) in [7, 11) is 0. The third-order valence-electron chi connectivity index (χ3n) is 5.44. The van der Waals surface area contributed by atoms with Gasteiger partial charge in [-0.1, -0.05) is 67.6 Å². The predicted octanol–water partition coefficient (Wildman–Crippen LogP) is 5.48. The van der Waals surface area contributed by atoms with Gasteiger partial charge < -0.3 is 10.6 Å². The Labute approximate surface area is 167 Å². The second-order valence-corrected chi connectivity index (χ2v) is 8.17. The van der Waals surface area contributed by atoms with Gasteiger partial charge in [-0.15, -0.1) is 0 Å². The molecule has 0 spiro atoms. The summed E-state index contributed by atoms with van der Waals surface area (Å²) in [6.45, 7) is 8.06. The molecule has 27 heavy (non-hydrogen) atoms. The van der Waals surface area contributed by atoms with Gasteiger partial charge in [-0.2, -0.15) is 0 Å². The zero-order valence-corrected chi connectivity index (χ0v) is 17.3. The number of rotatable bonds is 2. The molecule has 0 amide bonds. The summed E-state index contributed by atoms with van der Waals surface area (Å²) in [5.74, 6) is 1.94. The third kappa shape index (κ3) is 5.30. The second-order valence-electron chi connectivity index (χ2n) is 7.11. The summed E-state index contributed by atoms with van der Waals surface area (Å²) in [6.07, 6.45) is 4.18. The molecule has 144 valence electrons. The lowest BCUT2D eigenvalue weighted by Gasteiger charge is -2.45. The summed E-state index contributed by atoms with van der Waals surface area (Å²) >= 11 is 1.52. The van der Waals surface area contributed by atoms with E-state index in [9.17, 15) is 0 Å². The molecule has 2 aromatic carbocycles. The molecule has 2 bridgehead atoms. The minimum atomic E-state index is 0.640. The van der Waals surface area contributed by atoms with Gasteiger partial charge in [0.15, 0.2) is 5.13 Å². The van der Waals surface area contributed by atoms with E-state index in [0.29, 0.717) is 5.13 Å². The van der Waals surface area contributed by atoms with Gasteiger partial charge in [0, 0.05) is 6.54 Å². The molecule has 3 saturated heterocycles. The van der Waals surface area contributed by atoms with E-state index in [0.717, 1.165) is 22.1 Å². The molecule has 3 aliphatic rings. The highest BCUT2D eigenvalue weighted by molar-refractivity contribution is 7.22. The van der Waals surface area contributed by atoms with Gasteiger partial charge in [0.25, 0.3) is 0 Å². The van der Waals surface area contributed by atoms with Crippen molar-refractivity contribution < 1.29 is 0 Å². The minimum absolute atomic E-state index is 0.640. The molecule has 0 radical (unpaired) electrons. The number of fused-ring (bicyclic) bond motifs is 4. The third-order valence-corrected chi connectivity index (χ3v) is 6.31. The lowest BCUT2D eigenvalue weighted by atomic mass is 9.76. The second kappa shape index (κ2) is 9.86. The van der Waals surface area contributed by atoms with Crippen LogP contribution in [0.2, 0.25) is 0 Å². The van der Waals surface area contributed by atoms with Crippen LogP contribution >= 0.6 is 11.3 Å². The van der Waals surface area contributed by atoms with Crippen molar-refractivity contribution in [1.29, 1.82) is 0 Å². The van der Waals surface area contributed by atoms with Gasteiger partial charge in [-0.25, -0.2) is 4.98 Å². The molecule has 4 heteroatoms. The Morgan fingerprint density at radius 1 is 1.00 bits per heavy atom. The van der Waals surface area contributed by atoms with E-state index >= 15 is 0 Å². The standard InChI is InChI=1S/C14H19N.C7H6N2S.C2H6/c1-2-4-12(5-3-1)10-14-11-15-8-6-13(14)7-9-15;8-7-9-5-3-1-2-4-6(5)10-7;1-2/h1-5,13-14H,6-11H2;1-4H,(H2,8,9);1-2H3/t14-;;/m0../s1. The van der Waals surface area contributed by atoms with E-state index in [1.807, 2.05) is 38.1 Å². The van der Waals surface area contributed by atoms with Crippen LogP contribution in [-0.4, -0.2) is 29.5 Å². The highest BCUT2D eigenvalue weighted by Gasteiger charge is 2.33.